The number of phenolic OH excluding ortho intramolecular Hbond substituents is 1. The maximum Gasteiger partial charge on any atom is 0.319 e. The summed E-state index contributed by atoms with van der Waals surface area (Å²) >= 11 is 0. The van der Waals surface area contributed by atoms with Crippen LogP contribution < -0.4 is 15.0 Å². The molecule has 4 aliphatic heterocycles. The Morgan fingerprint density at radius 1 is 1.04 bits per heavy atom. The standard InChI is InChI=1S/C38H39F2N5O3/c1-2-23-4-3-5-24-14-27(46)15-28(31(23)24)32-30(39)16-29-34(33(32)40)42-36(43-35(29)45-17-25-6-7-26(18-45)41-25)48-22-37(8-9-37)19-44-12-10-38(11-13-44)20-47-21-38/h1,3-5,14-16,25-26,41,46H,6-13,17-22H2. The second-order valence-electron chi connectivity index (χ2n) is 14.9. The number of nitrogens with one attached hydrogen (secondary N) is 1. The third-order valence-corrected chi connectivity index (χ3v) is 11.5. The lowest BCUT2D eigenvalue weighted by Gasteiger charge is -2.47. The van der Waals surface area contributed by atoms with Gasteiger partial charge in [0.1, 0.15) is 22.9 Å². The molecule has 1 aromatic heterocycles. The van der Waals surface area contributed by atoms with Crippen LogP contribution in [0.15, 0.2) is 36.4 Å². The Bertz CT molecular complexity index is 1970. The average Bonchev–Trinajstić information content (AvgIpc) is 3.76. The number of fused-ring (bicyclic) bond motifs is 4. The fourth-order valence-electron chi connectivity index (χ4n) is 8.49. The normalized spacial score (nSPS) is 24.1. The van der Waals surface area contributed by atoms with Crippen LogP contribution in [0.5, 0.6) is 11.8 Å². The summed E-state index contributed by atoms with van der Waals surface area (Å²) in [4.78, 5) is 14.1. The van der Waals surface area contributed by atoms with E-state index in [-0.39, 0.29) is 45.9 Å². The Morgan fingerprint density at radius 2 is 1.81 bits per heavy atom. The Balaban J connectivity index is 1.09. The van der Waals surface area contributed by atoms with Gasteiger partial charge in [0.2, 0.25) is 0 Å². The quantitative estimate of drug-likeness (QED) is 0.249. The van der Waals surface area contributed by atoms with E-state index in [0.717, 1.165) is 58.5 Å². The number of likely N-dealkylation sites (tertiary alicyclic amines) is 1. The van der Waals surface area contributed by atoms with Crippen molar-refractivity contribution in [2.75, 3.05) is 57.4 Å². The first-order valence-corrected chi connectivity index (χ1v) is 17.2. The van der Waals surface area contributed by atoms with Crippen molar-refractivity contribution in [3.8, 4) is 35.2 Å². The van der Waals surface area contributed by atoms with Gasteiger partial charge in [0.15, 0.2) is 5.82 Å². The molecule has 10 heteroatoms. The molecule has 1 saturated carbocycles. The SMILES string of the molecule is C#Cc1cccc2cc(O)cc(-c3c(F)cc4c(N5CC6CCC(C5)N6)nc(OCC5(CN6CCC7(CC6)COC7)CC5)nc4c3F)c12. The molecule has 9 rings (SSSR count). The van der Waals surface area contributed by atoms with E-state index in [1.54, 1.807) is 24.3 Å². The minimum Gasteiger partial charge on any atom is -0.508 e. The van der Waals surface area contributed by atoms with Crippen LogP contribution in [0.25, 0.3) is 32.8 Å². The molecule has 4 saturated heterocycles. The van der Waals surface area contributed by atoms with Crippen LogP contribution in [0.4, 0.5) is 14.6 Å². The van der Waals surface area contributed by atoms with Crippen LogP contribution >= 0.6 is 0 Å². The molecule has 0 radical (unpaired) electrons. The molecule has 0 amide bonds. The van der Waals surface area contributed by atoms with Crippen molar-refractivity contribution in [3.63, 3.8) is 0 Å². The van der Waals surface area contributed by atoms with Gasteiger partial charge in [-0.2, -0.15) is 9.97 Å². The van der Waals surface area contributed by atoms with Crippen molar-refractivity contribution in [1.82, 2.24) is 20.2 Å². The minimum atomic E-state index is -0.835. The predicted molar refractivity (Wildman–Crippen MR) is 180 cm³/mol. The molecule has 5 fully saturated rings. The van der Waals surface area contributed by atoms with Gasteiger partial charge < -0.3 is 29.7 Å². The van der Waals surface area contributed by atoms with Crippen molar-refractivity contribution in [2.45, 2.75) is 50.6 Å². The number of nitrogens with zero attached hydrogens (tertiary/aromatic N) is 4. The van der Waals surface area contributed by atoms with Gasteiger partial charge in [-0.3, -0.25) is 0 Å². The number of aromatic nitrogens is 2. The van der Waals surface area contributed by atoms with E-state index in [4.69, 9.17) is 20.9 Å². The van der Waals surface area contributed by atoms with Crippen LogP contribution in [0, 0.1) is 34.8 Å². The van der Waals surface area contributed by atoms with Crippen molar-refractivity contribution >= 4 is 27.5 Å². The van der Waals surface area contributed by atoms with E-state index in [9.17, 15) is 5.11 Å². The van der Waals surface area contributed by atoms with Gasteiger partial charge in [0, 0.05) is 64.4 Å². The number of terminal acetylenes is 1. The van der Waals surface area contributed by atoms with Gasteiger partial charge in [0.05, 0.1) is 25.4 Å². The molecule has 3 aromatic carbocycles. The molecule has 1 spiro atoms. The van der Waals surface area contributed by atoms with E-state index in [0.29, 0.717) is 52.7 Å². The molecule has 48 heavy (non-hydrogen) atoms. The summed E-state index contributed by atoms with van der Waals surface area (Å²) in [5.41, 5.74) is 0.752. The zero-order chi connectivity index (χ0) is 32.6. The molecular weight excluding hydrogens is 612 g/mol. The number of hydrogen-bond acceptors (Lipinski definition) is 8. The molecule has 1 aliphatic carbocycles. The number of halogens is 2. The smallest absolute Gasteiger partial charge is 0.319 e. The third-order valence-electron chi connectivity index (χ3n) is 11.5. The Kier molecular flexibility index (Phi) is 7.05. The summed E-state index contributed by atoms with van der Waals surface area (Å²) < 4.78 is 45.1. The van der Waals surface area contributed by atoms with Crippen LogP contribution in [0.1, 0.15) is 44.1 Å². The number of benzene rings is 3. The summed E-state index contributed by atoms with van der Waals surface area (Å²) in [6.07, 6.45) is 12.4. The number of rotatable bonds is 7. The van der Waals surface area contributed by atoms with Gasteiger partial charge in [-0.1, -0.05) is 18.1 Å². The highest BCUT2D eigenvalue weighted by Crippen LogP contribution is 2.48. The van der Waals surface area contributed by atoms with E-state index < -0.39 is 11.6 Å². The molecule has 2 bridgehead atoms. The van der Waals surface area contributed by atoms with Gasteiger partial charge in [-0.25, -0.2) is 8.78 Å². The topological polar surface area (TPSA) is 83.0 Å². The average molecular weight is 652 g/mol. The second-order valence-corrected chi connectivity index (χ2v) is 14.9. The summed E-state index contributed by atoms with van der Waals surface area (Å²) in [7, 11) is 0. The molecule has 5 heterocycles. The highest BCUT2D eigenvalue weighted by Gasteiger charge is 2.48. The number of anilines is 1. The molecule has 2 unspecified atom stereocenters. The van der Waals surface area contributed by atoms with Crippen LogP contribution in [-0.4, -0.2) is 84.6 Å². The predicted octanol–water partition coefficient (Wildman–Crippen LogP) is 5.63. The molecule has 248 valence electrons. The fourth-order valence-corrected chi connectivity index (χ4v) is 8.49. The Hall–Kier alpha value is -4.04. The molecule has 2 N–H and O–H groups in total. The van der Waals surface area contributed by atoms with E-state index in [1.165, 1.54) is 25.0 Å². The molecule has 2 atom stereocenters. The van der Waals surface area contributed by atoms with E-state index in [2.05, 4.69) is 26.0 Å². The summed E-state index contributed by atoms with van der Waals surface area (Å²) in [6, 6.07) is 10.1. The first-order chi connectivity index (χ1) is 23.3. The summed E-state index contributed by atoms with van der Waals surface area (Å²) in [5, 5.41) is 15.6. The van der Waals surface area contributed by atoms with Gasteiger partial charge in [-0.05, 0) is 81.3 Å². The molecule has 8 nitrogen and oxygen atoms in total. The number of phenols is 1. The van der Waals surface area contributed by atoms with Gasteiger partial charge in [-0.15, -0.1) is 6.42 Å². The van der Waals surface area contributed by atoms with Gasteiger partial charge in [0.25, 0.3) is 0 Å². The number of aromatic hydroxyl groups is 1. The molecule has 5 aliphatic rings. The molecule has 4 aromatic rings. The van der Waals surface area contributed by atoms with Crippen molar-refractivity contribution in [1.29, 1.82) is 0 Å². The second kappa shape index (κ2) is 11.3. The third kappa shape index (κ3) is 5.15. The molecular formula is C38H39F2N5O3. The van der Waals surface area contributed by atoms with Crippen LogP contribution in [0.3, 0.4) is 0 Å². The fraction of sp³-hybridized carbons (Fsp3) is 0.474. The van der Waals surface area contributed by atoms with E-state index >= 15 is 8.78 Å². The summed E-state index contributed by atoms with van der Waals surface area (Å²) in [5.74, 6) is 1.39. The summed E-state index contributed by atoms with van der Waals surface area (Å²) in [6.45, 7) is 6.67. The monoisotopic (exact) mass is 651 g/mol. The zero-order valence-electron chi connectivity index (χ0n) is 26.9. The van der Waals surface area contributed by atoms with Crippen LogP contribution in [-0.2, 0) is 4.74 Å². The Morgan fingerprint density at radius 3 is 2.50 bits per heavy atom. The highest BCUT2D eigenvalue weighted by molar-refractivity contribution is 6.04. The lowest BCUT2D eigenvalue weighted by molar-refractivity contribution is -0.140. The Labute approximate surface area is 278 Å². The lowest BCUT2D eigenvalue weighted by atomic mass is 9.76. The highest BCUT2D eigenvalue weighted by atomic mass is 19.1. The minimum absolute atomic E-state index is 0.0131. The van der Waals surface area contributed by atoms with Crippen molar-refractivity contribution in [2.24, 2.45) is 10.8 Å². The van der Waals surface area contributed by atoms with Crippen molar-refractivity contribution in [3.05, 3.63) is 53.6 Å². The van der Waals surface area contributed by atoms with E-state index in [1.807, 2.05) is 0 Å². The maximum absolute atomic E-state index is 16.9. The number of piperidine rings is 1. The first-order valence-electron chi connectivity index (χ1n) is 17.2. The first kappa shape index (κ1) is 30.1. The van der Waals surface area contributed by atoms with Crippen LogP contribution in [0.2, 0.25) is 0 Å². The number of ether oxygens (including phenoxy) is 2. The van der Waals surface area contributed by atoms with Gasteiger partial charge >= 0.3 is 6.01 Å². The largest absolute Gasteiger partial charge is 0.508 e. The number of piperazine rings is 1. The zero-order valence-corrected chi connectivity index (χ0v) is 26.9. The number of hydrogen-bond donors (Lipinski definition) is 2. The van der Waals surface area contributed by atoms with Crippen molar-refractivity contribution < 1.29 is 23.4 Å². The maximum atomic E-state index is 16.9. The lowest BCUT2D eigenvalue weighted by Crippen LogP contribution is -2.52.